The molecule has 1 saturated heterocycles. The van der Waals surface area contributed by atoms with Gasteiger partial charge in [0.05, 0.1) is 25.4 Å². The van der Waals surface area contributed by atoms with Crippen LogP contribution in [0.15, 0.2) is 24.3 Å². The predicted octanol–water partition coefficient (Wildman–Crippen LogP) is 1.05. The second kappa shape index (κ2) is 5.85. The summed E-state index contributed by atoms with van der Waals surface area (Å²) in [6.07, 6.45) is 1.26. The first-order chi connectivity index (χ1) is 11.2. The van der Waals surface area contributed by atoms with Gasteiger partial charge in [-0.1, -0.05) is 12.1 Å². The van der Waals surface area contributed by atoms with Gasteiger partial charge in [0.2, 0.25) is 5.91 Å². The summed E-state index contributed by atoms with van der Waals surface area (Å²) in [6, 6.07) is 7.45. The van der Waals surface area contributed by atoms with Gasteiger partial charge in [-0.3, -0.25) is 9.59 Å². The molecule has 0 N–H and O–H groups in total. The third-order valence-electron chi connectivity index (χ3n) is 4.56. The minimum atomic E-state index is -0.634. The molecule has 2 aliphatic heterocycles. The van der Waals surface area contributed by atoms with Crippen LogP contribution in [0.25, 0.3) is 0 Å². The van der Waals surface area contributed by atoms with E-state index in [-0.39, 0.29) is 17.7 Å². The molecule has 1 atom stereocenters. The Morgan fingerprint density at radius 2 is 1.78 bits per heavy atom. The van der Waals surface area contributed by atoms with Crippen molar-refractivity contribution in [3.63, 3.8) is 0 Å². The van der Waals surface area contributed by atoms with Gasteiger partial charge in [-0.2, -0.15) is 0 Å². The molecular weight excluding hydrogens is 296 g/mol. The molecule has 0 spiro atoms. The number of carbonyl (C=O) groups excluding carboxylic acids is 2. The van der Waals surface area contributed by atoms with E-state index >= 15 is 0 Å². The van der Waals surface area contributed by atoms with Crippen molar-refractivity contribution in [2.24, 2.45) is 5.92 Å². The van der Waals surface area contributed by atoms with Crippen LogP contribution in [0.5, 0.6) is 5.75 Å². The lowest BCUT2D eigenvalue weighted by Gasteiger charge is -2.37. The summed E-state index contributed by atoms with van der Waals surface area (Å²) in [6.45, 7) is 2.57. The first-order valence-corrected chi connectivity index (χ1v) is 8.17. The number of anilines is 1. The number of nitrogens with zero attached hydrogens (tertiary/aromatic N) is 2. The van der Waals surface area contributed by atoms with Crippen LogP contribution in [0.2, 0.25) is 0 Å². The van der Waals surface area contributed by atoms with Gasteiger partial charge in [0.25, 0.3) is 5.91 Å². The fraction of sp³-hybridized carbons (Fsp3) is 0.529. The van der Waals surface area contributed by atoms with E-state index in [1.165, 1.54) is 0 Å². The molecule has 3 aliphatic rings. The number of carbonyl (C=O) groups is 2. The zero-order valence-electron chi connectivity index (χ0n) is 12.9. The van der Waals surface area contributed by atoms with Crippen LogP contribution in [0.4, 0.5) is 5.69 Å². The van der Waals surface area contributed by atoms with Gasteiger partial charge < -0.3 is 19.3 Å². The number of fused-ring (bicyclic) bond motifs is 1. The number of ether oxygens (including phenoxy) is 2. The summed E-state index contributed by atoms with van der Waals surface area (Å²) < 4.78 is 11.2. The van der Waals surface area contributed by atoms with Crippen LogP contribution >= 0.6 is 0 Å². The van der Waals surface area contributed by atoms with E-state index in [1.807, 2.05) is 24.3 Å². The zero-order chi connectivity index (χ0) is 15.8. The molecule has 1 saturated carbocycles. The molecule has 23 heavy (non-hydrogen) atoms. The summed E-state index contributed by atoms with van der Waals surface area (Å²) in [4.78, 5) is 28.8. The normalized spacial score (nSPS) is 23.9. The van der Waals surface area contributed by atoms with Crippen molar-refractivity contribution in [3.05, 3.63) is 24.3 Å². The highest BCUT2D eigenvalue weighted by atomic mass is 16.5. The van der Waals surface area contributed by atoms with E-state index in [9.17, 15) is 9.59 Å². The van der Waals surface area contributed by atoms with E-state index in [4.69, 9.17) is 9.47 Å². The summed E-state index contributed by atoms with van der Waals surface area (Å²) in [5.74, 6) is 0.775. The molecule has 1 aromatic rings. The van der Waals surface area contributed by atoms with Gasteiger partial charge >= 0.3 is 0 Å². The van der Waals surface area contributed by atoms with E-state index < -0.39 is 6.10 Å². The van der Waals surface area contributed by atoms with Gasteiger partial charge in [0, 0.05) is 19.0 Å². The Labute approximate surface area is 134 Å². The summed E-state index contributed by atoms with van der Waals surface area (Å²) in [5.41, 5.74) is 0.774. The van der Waals surface area contributed by atoms with Crippen molar-refractivity contribution >= 4 is 17.5 Å². The second-order valence-electron chi connectivity index (χ2n) is 6.23. The Hall–Kier alpha value is -2.08. The third kappa shape index (κ3) is 2.79. The monoisotopic (exact) mass is 316 g/mol. The van der Waals surface area contributed by atoms with Crippen LogP contribution in [-0.2, 0) is 14.3 Å². The number of amides is 2. The van der Waals surface area contributed by atoms with Crippen molar-refractivity contribution in [2.45, 2.75) is 18.9 Å². The van der Waals surface area contributed by atoms with E-state index in [2.05, 4.69) is 0 Å². The third-order valence-corrected chi connectivity index (χ3v) is 4.56. The minimum absolute atomic E-state index is 0.0589. The number of benzene rings is 1. The molecular formula is C17H20N2O4. The van der Waals surface area contributed by atoms with Gasteiger partial charge in [-0.25, -0.2) is 0 Å². The van der Waals surface area contributed by atoms with Crippen LogP contribution in [0, 0.1) is 5.92 Å². The molecule has 4 rings (SSSR count). The summed E-state index contributed by atoms with van der Waals surface area (Å²) in [5, 5.41) is 0. The Bertz CT molecular complexity index is 623. The van der Waals surface area contributed by atoms with Gasteiger partial charge in [-0.05, 0) is 25.0 Å². The van der Waals surface area contributed by atoms with Crippen molar-refractivity contribution in [1.82, 2.24) is 4.90 Å². The number of morpholine rings is 1. The highest BCUT2D eigenvalue weighted by Gasteiger charge is 2.41. The van der Waals surface area contributed by atoms with Crippen molar-refractivity contribution in [1.29, 1.82) is 0 Å². The minimum Gasteiger partial charge on any atom is -0.476 e. The maximum absolute atomic E-state index is 12.7. The highest BCUT2D eigenvalue weighted by molar-refractivity contribution is 5.99. The molecule has 2 amide bonds. The maximum atomic E-state index is 12.7. The SMILES string of the molecule is O=C([C@H]1CN(C(=O)C2CC2)c2ccccc2O1)N1CCOCC1. The Balaban J connectivity index is 1.58. The van der Waals surface area contributed by atoms with Crippen molar-refractivity contribution in [3.8, 4) is 5.75 Å². The lowest BCUT2D eigenvalue weighted by Crippen LogP contribution is -2.54. The fourth-order valence-electron chi connectivity index (χ4n) is 3.11. The average Bonchev–Trinajstić information content (AvgIpc) is 3.45. The van der Waals surface area contributed by atoms with Crippen LogP contribution in [0.3, 0.4) is 0 Å². The van der Waals surface area contributed by atoms with Crippen LogP contribution in [0.1, 0.15) is 12.8 Å². The second-order valence-corrected chi connectivity index (χ2v) is 6.23. The van der Waals surface area contributed by atoms with Crippen molar-refractivity contribution < 1.29 is 19.1 Å². The Morgan fingerprint density at radius 3 is 2.52 bits per heavy atom. The lowest BCUT2D eigenvalue weighted by molar-refractivity contribution is -0.142. The number of rotatable bonds is 2. The molecule has 122 valence electrons. The first kappa shape index (κ1) is 14.5. The van der Waals surface area contributed by atoms with Gasteiger partial charge in [0.15, 0.2) is 6.10 Å². The molecule has 2 fully saturated rings. The molecule has 6 nitrogen and oxygen atoms in total. The molecule has 0 unspecified atom stereocenters. The molecule has 1 aliphatic carbocycles. The molecule has 0 aromatic heterocycles. The molecule has 1 aromatic carbocycles. The Morgan fingerprint density at radius 1 is 1.04 bits per heavy atom. The first-order valence-electron chi connectivity index (χ1n) is 8.17. The van der Waals surface area contributed by atoms with E-state index in [1.54, 1.807) is 9.80 Å². The van der Waals surface area contributed by atoms with Crippen molar-refractivity contribution in [2.75, 3.05) is 37.7 Å². The fourth-order valence-corrected chi connectivity index (χ4v) is 3.11. The summed E-state index contributed by atoms with van der Waals surface area (Å²) >= 11 is 0. The van der Waals surface area contributed by atoms with Crippen LogP contribution in [-0.4, -0.2) is 55.7 Å². The molecule has 2 heterocycles. The highest BCUT2D eigenvalue weighted by Crippen LogP contribution is 2.38. The number of hydrogen-bond donors (Lipinski definition) is 0. The topological polar surface area (TPSA) is 59.1 Å². The summed E-state index contributed by atoms with van der Waals surface area (Å²) in [7, 11) is 0. The quantitative estimate of drug-likeness (QED) is 0.818. The molecule has 0 bridgehead atoms. The predicted molar refractivity (Wildman–Crippen MR) is 83.3 cm³/mol. The van der Waals surface area contributed by atoms with Crippen LogP contribution < -0.4 is 9.64 Å². The Kier molecular flexibility index (Phi) is 3.69. The lowest BCUT2D eigenvalue weighted by atomic mass is 10.1. The van der Waals surface area contributed by atoms with E-state index in [0.717, 1.165) is 18.5 Å². The smallest absolute Gasteiger partial charge is 0.265 e. The number of para-hydroxylation sites is 2. The van der Waals surface area contributed by atoms with E-state index in [0.29, 0.717) is 38.6 Å². The van der Waals surface area contributed by atoms with Gasteiger partial charge in [0.1, 0.15) is 5.75 Å². The average molecular weight is 316 g/mol. The van der Waals surface area contributed by atoms with Gasteiger partial charge in [-0.15, -0.1) is 0 Å². The largest absolute Gasteiger partial charge is 0.476 e. The molecule has 0 radical (unpaired) electrons. The number of hydrogen-bond acceptors (Lipinski definition) is 4. The molecule has 6 heteroatoms. The standard InChI is InChI=1S/C17H20N2O4/c20-16(12-5-6-12)19-11-15(17(21)18-7-9-22-10-8-18)23-14-4-2-1-3-13(14)19/h1-4,12,15H,5-11H2/t15-/m1/s1. The zero-order valence-corrected chi connectivity index (χ0v) is 12.9. The maximum Gasteiger partial charge on any atom is 0.265 e.